The minimum atomic E-state index is -0.157. The van der Waals surface area contributed by atoms with Gasteiger partial charge in [0.05, 0.1) is 22.1 Å². The number of aryl methyl sites for hydroxylation is 4. The Morgan fingerprint density at radius 3 is 0.900 bits per heavy atom. The van der Waals surface area contributed by atoms with E-state index in [1.807, 2.05) is 0 Å². The van der Waals surface area contributed by atoms with Crippen molar-refractivity contribution >= 4 is 43.6 Å². The van der Waals surface area contributed by atoms with E-state index in [9.17, 15) is 0 Å². The van der Waals surface area contributed by atoms with Gasteiger partial charge >= 0.3 is 0 Å². The van der Waals surface area contributed by atoms with E-state index in [1.54, 1.807) is 0 Å². The van der Waals surface area contributed by atoms with Gasteiger partial charge in [-0.15, -0.1) is 0 Å². The highest BCUT2D eigenvalue weighted by Gasteiger charge is 2.38. The van der Waals surface area contributed by atoms with Crippen molar-refractivity contribution in [2.24, 2.45) is 0 Å². The molecule has 0 aliphatic heterocycles. The molecule has 0 bridgehead atoms. The fraction of sp³-hybridized carbons (Fsp3) is 0.172. The summed E-state index contributed by atoms with van der Waals surface area (Å²) in [6.45, 7) is 18.4. The third kappa shape index (κ3) is 4.76. The largest absolute Gasteiger partial charge is 0.309 e. The monoisotopic (exact) mass is 772 g/mol. The summed E-state index contributed by atoms with van der Waals surface area (Å²) in [6.07, 6.45) is 0. The molecule has 10 aromatic rings. The lowest BCUT2D eigenvalue weighted by molar-refractivity contribution is 0.659. The molecule has 12 rings (SSSR count). The van der Waals surface area contributed by atoms with Crippen molar-refractivity contribution in [1.82, 2.24) is 9.13 Å². The van der Waals surface area contributed by atoms with Crippen LogP contribution in [0.2, 0.25) is 0 Å². The van der Waals surface area contributed by atoms with Crippen LogP contribution in [0.25, 0.3) is 88.4 Å². The van der Waals surface area contributed by atoms with Gasteiger partial charge in [0.15, 0.2) is 0 Å². The molecule has 0 N–H and O–H groups in total. The molecule has 290 valence electrons. The second-order valence-electron chi connectivity index (χ2n) is 19.0. The van der Waals surface area contributed by atoms with Crippen molar-refractivity contribution in [1.29, 1.82) is 0 Å². The fourth-order valence-corrected chi connectivity index (χ4v) is 11.1. The molecule has 0 radical (unpaired) electrons. The van der Waals surface area contributed by atoms with E-state index in [0.29, 0.717) is 0 Å². The maximum atomic E-state index is 2.47. The van der Waals surface area contributed by atoms with Crippen molar-refractivity contribution in [2.45, 2.75) is 66.2 Å². The predicted octanol–water partition coefficient (Wildman–Crippen LogP) is 15.4. The molecular formula is C58H48N2. The molecule has 0 spiro atoms. The molecule has 2 heteroatoms. The Balaban J connectivity index is 0.923. The van der Waals surface area contributed by atoms with Crippen LogP contribution in [0.3, 0.4) is 0 Å². The number of hydrogen-bond donors (Lipinski definition) is 0. The summed E-state index contributed by atoms with van der Waals surface area (Å²) < 4.78 is 4.93. The quantitative estimate of drug-likeness (QED) is 0.169. The first-order chi connectivity index (χ1) is 28.9. The van der Waals surface area contributed by atoms with Gasteiger partial charge in [-0.1, -0.05) is 111 Å². The average molecular weight is 773 g/mol. The maximum Gasteiger partial charge on any atom is 0.0541 e. The third-order valence-corrected chi connectivity index (χ3v) is 14.3. The zero-order valence-corrected chi connectivity index (χ0v) is 35.8. The van der Waals surface area contributed by atoms with Crippen molar-refractivity contribution in [3.63, 3.8) is 0 Å². The van der Waals surface area contributed by atoms with Gasteiger partial charge in [0.1, 0.15) is 0 Å². The zero-order chi connectivity index (χ0) is 41.0. The summed E-state index contributed by atoms with van der Waals surface area (Å²) in [6, 6.07) is 56.2. The molecule has 0 fully saturated rings. The predicted molar refractivity (Wildman–Crippen MR) is 255 cm³/mol. The third-order valence-electron chi connectivity index (χ3n) is 14.3. The Morgan fingerprint density at radius 1 is 0.300 bits per heavy atom. The van der Waals surface area contributed by atoms with Crippen LogP contribution in [0, 0.1) is 27.7 Å². The van der Waals surface area contributed by atoms with E-state index in [2.05, 4.69) is 210 Å². The van der Waals surface area contributed by atoms with Gasteiger partial charge in [0, 0.05) is 43.7 Å². The standard InChI is InChI=1S/C58H48N2/c1-33-9-21-53-45(25-33)46-26-34(2)10-22-54(46)59(53)39-15-19-43-41-17-13-37(29-49(41)57(5,6)51(43)31-39)38-14-18-42-44-20-16-40(32-52(44)58(7,8)50(42)30-38)60-55-23-11-35(3)27-47(55)48-28-36(4)12-24-56(48)60/h9-32H,1-8H3. The van der Waals surface area contributed by atoms with Crippen molar-refractivity contribution in [3.05, 3.63) is 190 Å². The lowest BCUT2D eigenvalue weighted by Crippen LogP contribution is -2.16. The molecule has 0 saturated carbocycles. The Kier molecular flexibility index (Phi) is 7.05. The second-order valence-corrected chi connectivity index (χ2v) is 19.0. The van der Waals surface area contributed by atoms with Gasteiger partial charge in [0.2, 0.25) is 0 Å². The number of fused-ring (bicyclic) bond motifs is 12. The molecule has 0 unspecified atom stereocenters. The minimum Gasteiger partial charge on any atom is -0.309 e. The van der Waals surface area contributed by atoms with E-state index < -0.39 is 0 Å². The number of hydrogen-bond acceptors (Lipinski definition) is 0. The van der Waals surface area contributed by atoms with E-state index >= 15 is 0 Å². The molecule has 2 aromatic heterocycles. The topological polar surface area (TPSA) is 9.86 Å². The fourth-order valence-electron chi connectivity index (χ4n) is 11.1. The number of aromatic nitrogens is 2. The minimum absolute atomic E-state index is 0.157. The molecule has 2 heterocycles. The molecule has 0 amide bonds. The molecule has 8 aromatic carbocycles. The summed E-state index contributed by atoms with van der Waals surface area (Å²) >= 11 is 0. The lowest BCUT2D eigenvalue weighted by Gasteiger charge is -2.24. The summed E-state index contributed by atoms with van der Waals surface area (Å²) in [4.78, 5) is 0. The van der Waals surface area contributed by atoms with Gasteiger partial charge < -0.3 is 9.13 Å². The van der Waals surface area contributed by atoms with Crippen molar-refractivity contribution in [2.75, 3.05) is 0 Å². The van der Waals surface area contributed by atoms with Crippen molar-refractivity contribution in [3.8, 4) is 44.8 Å². The Labute approximate surface area is 352 Å². The Bertz CT molecular complexity index is 3170. The van der Waals surface area contributed by atoms with Gasteiger partial charge in [-0.05, 0) is 168 Å². The van der Waals surface area contributed by atoms with E-state index in [4.69, 9.17) is 0 Å². The number of rotatable bonds is 3. The first kappa shape index (κ1) is 35.3. The van der Waals surface area contributed by atoms with Crippen LogP contribution < -0.4 is 0 Å². The number of nitrogens with zero attached hydrogens (tertiary/aromatic N) is 2. The van der Waals surface area contributed by atoms with Gasteiger partial charge in [-0.3, -0.25) is 0 Å². The Hall–Kier alpha value is -6.64. The maximum absolute atomic E-state index is 2.47. The van der Waals surface area contributed by atoms with Crippen molar-refractivity contribution < 1.29 is 0 Å². The lowest BCUT2D eigenvalue weighted by atomic mass is 9.80. The van der Waals surface area contributed by atoms with Gasteiger partial charge in [-0.2, -0.15) is 0 Å². The SMILES string of the molecule is Cc1ccc2c(c1)c1cc(C)ccc1n2-c1ccc2c(c1)C(C)(C)c1cc(-c3ccc4c(c3)C(C)(C)c3cc(-n5c6ccc(C)cc6c6cc(C)ccc65)ccc3-4)ccc1-2. The van der Waals surface area contributed by atoms with Crippen LogP contribution in [0.5, 0.6) is 0 Å². The molecule has 60 heavy (non-hydrogen) atoms. The van der Waals surface area contributed by atoms with Gasteiger partial charge in [-0.25, -0.2) is 0 Å². The smallest absolute Gasteiger partial charge is 0.0541 e. The highest BCUT2D eigenvalue weighted by molar-refractivity contribution is 6.11. The highest BCUT2D eigenvalue weighted by atomic mass is 15.0. The van der Waals surface area contributed by atoms with Crippen LogP contribution >= 0.6 is 0 Å². The van der Waals surface area contributed by atoms with Crippen LogP contribution in [0.1, 0.15) is 72.2 Å². The molecular weight excluding hydrogens is 725 g/mol. The van der Waals surface area contributed by atoms with Crippen LogP contribution in [-0.2, 0) is 10.8 Å². The van der Waals surface area contributed by atoms with Crippen LogP contribution in [-0.4, -0.2) is 9.13 Å². The summed E-state index contributed by atoms with van der Waals surface area (Å²) in [7, 11) is 0. The summed E-state index contributed by atoms with van der Waals surface area (Å²) in [5.74, 6) is 0. The molecule has 2 aliphatic rings. The Morgan fingerprint density at radius 2 is 0.583 bits per heavy atom. The molecule has 2 aliphatic carbocycles. The van der Waals surface area contributed by atoms with E-state index in [0.717, 1.165) is 0 Å². The first-order valence-corrected chi connectivity index (χ1v) is 21.5. The number of benzene rings is 8. The normalized spacial score (nSPS) is 14.6. The average Bonchev–Trinajstić information content (AvgIpc) is 3.88. The van der Waals surface area contributed by atoms with Gasteiger partial charge in [0.25, 0.3) is 0 Å². The summed E-state index contributed by atoms with van der Waals surface area (Å²) in [5, 5.41) is 5.26. The van der Waals surface area contributed by atoms with E-state index in [1.165, 1.54) is 133 Å². The molecule has 0 saturated heterocycles. The molecule has 0 atom stereocenters. The van der Waals surface area contributed by atoms with Crippen LogP contribution in [0.4, 0.5) is 0 Å². The summed E-state index contributed by atoms with van der Waals surface area (Å²) in [5.41, 5.74) is 25.8. The highest BCUT2D eigenvalue weighted by Crippen LogP contribution is 2.53. The first-order valence-electron chi connectivity index (χ1n) is 21.5. The van der Waals surface area contributed by atoms with Crippen LogP contribution in [0.15, 0.2) is 146 Å². The molecule has 2 nitrogen and oxygen atoms in total. The van der Waals surface area contributed by atoms with E-state index in [-0.39, 0.29) is 10.8 Å². The second kappa shape index (κ2) is 12.0. The zero-order valence-electron chi connectivity index (χ0n) is 35.8.